The van der Waals surface area contributed by atoms with E-state index in [4.69, 9.17) is 9.84 Å². The fraction of sp³-hybridized carbons (Fsp3) is 0.467. The van der Waals surface area contributed by atoms with Crippen LogP contribution < -0.4 is 5.32 Å². The van der Waals surface area contributed by atoms with Crippen molar-refractivity contribution in [3.63, 3.8) is 0 Å². The molecule has 1 amide bonds. The van der Waals surface area contributed by atoms with E-state index in [1.54, 1.807) is 19.2 Å². The first kappa shape index (κ1) is 14.5. The third kappa shape index (κ3) is 4.35. The molecular formula is C15H19NO4. The highest BCUT2D eigenvalue weighted by atomic mass is 16.5. The van der Waals surface area contributed by atoms with Gasteiger partial charge in [-0.2, -0.15) is 0 Å². The van der Waals surface area contributed by atoms with Crippen LogP contribution in [0.5, 0.6) is 0 Å². The summed E-state index contributed by atoms with van der Waals surface area (Å²) in [5.74, 6) is -0.380. The molecule has 1 fully saturated rings. The number of hydrogen-bond donors (Lipinski definition) is 2. The average molecular weight is 277 g/mol. The maximum atomic E-state index is 11.8. The van der Waals surface area contributed by atoms with E-state index in [9.17, 15) is 9.59 Å². The average Bonchev–Trinajstić information content (AvgIpc) is 3.20. The molecule has 20 heavy (non-hydrogen) atoms. The van der Waals surface area contributed by atoms with Crippen LogP contribution in [0.3, 0.4) is 0 Å². The quantitative estimate of drug-likeness (QED) is 0.803. The molecule has 2 rings (SSSR count). The largest absolute Gasteiger partial charge is 0.478 e. The van der Waals surface area contributed by atoms with Crippen LogP contribution in [0.4, 0.5) is 5.69 Å². The third-order valence-corrected chi connectivity index (χ3v) is 3.31. The predicted octanol–water partition coefficient (Wildman–Crippen LogP) is 2.66. The van der Waals surface area contributed by atoms with Crippen LogP contribution in [0.2, 0.25) is 0 Å². The molecule has 1 aliphatic carbocycles. The maximum Gasteiger partial charge on any atom is 0.335 e. The minimum atomic E-state index is -1.02. The molecule has 0 atom stereocenters. The summed E-state index contributed by atoms with van der Waals surface area (Å²) in [5, 5.41) is 11.8. The second kappa shape index (κ2) is 6.52. The van der Waals surface area contributed by atoms with Crippen molar-refractivity contribution in [1.29, 1.82) is 0 Å². The van der Waals surface area contributed by atoms with Crippen LogP contribution in [0, 0.1) is 5.92 Å². The Balaban J connectivity index is 2.03. The second-order valence-corrected chi connectivity index (χ2v) is 5.19. The lowest BCUT2D eigenvalue weighted by molar-refractivity contribution is -0.116. The molecule has 0 heterocycles. The molecule has 2 N–H and O–H groups in total. The van der Waals surface area contributed by atoms with Gasteiger partial charge in [-0.1, -0.05) is 12.8 Å². The lowest BCUT2D eigenvalue weighted by Crippen LogP contribution is -2.12. The van der Waals surface area contributed by atoms with Gasteiger partial charge in [0.1, 0.15) is 0 Å². The predicted molar refractivity (Wildman–Crippen MR) is 74.7 cm³/mol. The van der Waals surface area contributed by atoms with Gasteiger partial charge in [-0.25, -0.2) is 4.79 Å². The van der Waals surface area contributed by atoms with Gasteiger partial charge >= 0.3 is 5.97 Å². The number of rotatable bonds is 7. The molecule has 5 heteroatoms. The number of hydrogen-bond acceptors (Lipinski definition) is 3. The van der Waals surface area contributed by atoms with Crippen molar-refractivity contribution in [3.8, 4) is 0 Å². The maximum absolute atomic E-state index is 11.8. The molecule has 0 saturated heterocycles. The van der Waals surface area contributed by atoms with Crippen molar-refractivity contribution in [3.05, 3.63) is 29.3 Å². The van der Waals surface area contributed by atoms with Crippen molar-refractivity contribution in [2.45, 2.75) is 32.3 Å². The number of methoxy groups -OCH3 is 1. The Morgan fingerprint density at radius 1 is 1.35 bits per heavy atom. The molecule has 0 unspecified atom stereocenters. The molecule has 0 aromatic heterocycles. The van der Waals surface area contributed by atoms with Crippen molar-refractivity contribution in [2.24, 2.45) is 5.92 Å². The highest BCUT2D eigenvalue weighted by Gasteiger charge is 2.21. The fourth-order valence-corrected chi connectivity index (χ4v) is 2.10. The number of aromatic carboxylic acids is 1. The third-order valence-electron chi connectivity index (χ3n) is 3.31. The summed E-state index contributed by atoms with van der Waals surface area (Å²) in [4.78, 5) is 22.9. The number of nitrogens with one attached hydrogen (secondary N) is 1. The number of ether oxygens (including phenoxy) is 1. The van der Waals surface area contributed by atoms with E-state index < -0.39 is 5.97 Å². The highest BCUT2D eigenvalue weighted by Crippen LogP contribution is 2.33. The first-order chi connectivity index (χ1) is 9.58. The topological polar surface area (TPSA) is 75.6 Å². The van der Waals surface area contributed by atoms with Gasteiger partial charge in [0.15, 0.2) is 0 Å². The van der Waals surface area contributed by atoms with Crippen molar-refractivity contribution < 1.29 is 19.4 Å². The van der Waals surface area contributed by atoms with Crippen LogP contribution in [-0.4, -0.2) is 24.1 Å². The zero-order valence-electron chi connectivity index (χ0n) is 11.5. The monoisotopic (exact) mass is 277 g/mol. The zero-order chi connectivity index (χ0) is 14.5. The molecule has 0 aliphatic heterocycles. The first-order valence-corrected chi connectivity index (χ1v) is 6.74. The number of carboxylic acid groups (broad SMARTS) is 1. The van der Waals surface area contributed by atoms with Crippen molar-refractivity contribution in [2.75, 3.05) is 12.4 Å². The summed E-state index contributed by atoms with van der Waals surface area (Å²) in [5.41, 5.74) is 1.39. The van der Waals surface area contributed by atoms with Gasteiger partial charge in [-0.3, -0.25) is 4.79 Å². The summed E-state index contributed by atoms with van der Waals surface area (Å²) in [6, 6.07) is 4.76. The van der Waals surface area contributed by atoms with Gasteiger partial charge in [-0.05, 0) is 36.1 Å². The summed E-state index contributed by atoms with van der Waals surface area (Å²) in [7, 11) is 1.54. The summed E-state index contributed by atoms with van der Waals surface area (Å²) in [6.45, 7) is 0.312. The van der Waals surface area contributed by atoms with E-state index >= 15 is 0 Å². The van der Waals surface area contributed by atoms with Gasteiger partial charge < -0.3 is 15.2 Å². The number of carbonyl (C=O) groups is 2. The Morgan fingerprint density at radius 2 is 2.10 bits per heavy atom. The zero-order valence-corrected chi connectivity index (χ0v) is 11.5. The lowest BCUT2D eigenvalue weighted by Gasteiger charge is -2.09. The van der Waals surface area contributed by atoms with Gasteiger partial charge in [0, 0.05) is 19.2 Å². The highest BCUT2D eigenvalue weighted by molar-refractivity contribution is 5.94. The van der Waals surface area contributed by atoms with Crippen LogP contribution in [0.25, 0.3) is 0 Å². The van der Waals surface area contributed by atoms with Gasteiger partial charge in [0.2, 0.25) is 5.91 Å². The molecule has 1 aromatic rings. The molecule has 1 saturated carbocycles. The van der Waals surface area contributed by atoms with Crippen molar-refractivity contribution >= 4 is 17.6 Å². The summed E-state index contributed by atoms with van der Waals surface area (Å²) in [6.07, 6.45) is 3.84. The Bertz CT molecular complexity index is 509. The van der Waals surface area contributed by atoms with Gasteiger partial charge in [-0.15, -0.1) is 0 Å². The van der Waals surface area contributed by atoms with Crippen LogP contribution >= 0.6 is 0 Å². The molecule has 0 bridgehead atoms. The second-order valence-electron chi connectivity index (χ2n) is 5.19. The first-order valence-electron chi connectivity index (χ1n) is 6.74. The number of benzene rings is 1. The van der Waals surface area contributed by atoms with E-state index in [1.807, 2.05) is 0 Å². The van der Waals surface area contributed by atoms with E-state index in [1.165, 1.54) is 18.9 Å². The lowest BCUT2D eigenvalue weighted by atomic mass is 10.1. The Kier molecular flexibility index (Phi) is 4.74. The summed E-state index contributed by atoms with van der Waals surface area (Å²) < 4.78 is 5.00. The number of amides is 1. The van der Waals surface area contributed by atoms with Gasteiger partial charge in [0.05, 0.1) is 12.2 Å². The SMILES string of the molecule is COCc1cc(NC(=O)CCC2CC2)cc(C(=O)O)c1. The van der Waals surface area contributed by atoms with E-state index in [2.05, 4.69) is 5.32 Å². The Morgan fingerprint density at radius 3 is 2.70 bits per heavy atom. The fourth-order valence-electron chi connectivity index (χ4n) is 2.10. The smallest absolute Gasteiger partial charge is 0.335 e. The number of carboxylic acids is 1. The molecule has 5 nitrogen and oxygen atoms in total. The number of carbonyl (C=O) groups excluding carboxylic acids is 1. The molecule has 1 aliphatic rings. The van der Waals surface area contributed by atoms with Crippen LogP contribution in [0.1, 0.15) is 41.6 Å². The van der Waals surface area contributed by atoms with E-state index in [0.29, 0.717) is 24.6 Å². The minimum Gasteiger partial charge on any atom is -0.478 e. The van der Waals surface area contributed by atoms with Crippen LogP contribution in [-0.2, 0) is 16.1 Å². The van der Waals surface area contributed by atoms with E-state index in [0.717, 1.165) is 12.0 Å². The summed E-state index contributed by atoms with van der Waals surface area (Å²) >= 11 is 0. The number of anilines is 1. The van der Waals surface area contributed by atoms with Crippen LogP contribution in [0.15, 0.2) is 18.2 Å². The van der Waals surface area contributed by atoms with E-state index in [-0.39, 0.29) is 11.5 Å². The molecule has 0 spiro atoms. The Labute approximate surface area is 117 Å². The minimum absolute atomic E-state index is 0.0668. The molecule has 1 aromatic carbocycles. The Hall–Kier alpha value is -1.88. The normalized spacial score (nSPS) is 14.1. The molecule has 0 radical (unpaired) electrons. The standard InChI is InChI=1S/C15H19NO4/c1-20-9-11-6-12(15(18)19)8-13(7-11)16-14(17)5-4-10-2-3-10/h6-8,10H,2-5,9H2,1H3,(H,16,17)(H,18,19). The molecule has 108 valence electrons. The van der Waals surface area contributed by atoms with Crippen molar-refractivity contribution in [1.82, 2.24) is 0 Å². The molecular weight excluding hydrogens is 258 g/mol. The van der Waals surface area contributed by atoms with Gasteiger partial charge in [0.25, 0.3) is 0 Å².